The summed E-state index contributed by atoms with van der Waals surface area (Å²) in [7, 11) is -1.98. The Morgan fingerprint density at radius 2 is 1.78 bits per heavy atom. The third-order valence-electron chi connectivity index (χ3n) is 5.36. The van der Waals surface area contributed by atoms with E-state index in [0.717, 1.165) is 22.4 Å². The average molecular weight is 452 g/mol. The van der Waals surface area contributed by atoms with E-state index in [1.54, 1.807) is 33.0 Å². The molecule has 1 amide bonds. The van der Waals surface area contributed by atoms with E-state index < -0.39 is 10.0 Å². The molecule has 8 nitrogen and oxygen atoms in total. The first-order valence-electron chi connectivity index (χ1n) is 10.4. The Hall–Kier alpha value is -3.43. The van der Waals surface area contributed by atoms with Crippen LogP contribution in [0.3, 0.4) is 0 Å². The average Bonchev–Trinajstić information content (AvgIpc) is 3.39. The van der Waals surface area contributed by atoms with Crippen molar-refractivity contribution in [2.75, 3.05) is 18.4 Å². The fourth-order valence-corrected chi connectivity index (χ4v) is 5.14. The summed E-state index contributed by atoms with van der Waals surface area (Å²) in [5.41, 5.74) is 3.60. The van der Waals surface area contributed by atoms with Gasteiger partial charge in [-0.05, 0) is 42.5 Å². The van der Waals surface area contributed by atoms with Crippen LogP contribution in [0.2, 0.25) is 0 Å². The van der Waals surface area contributed by atoms with Crippen molar-refractivity contribution >= 4 is 32.7 Å². The Bertz CT molecular complexity index is 1330. The van der Waals surface area contributed by atoms with E-state index in [2.05, 4.69) is 15.3 Å². The van der Waals surface area contributed by atoms with Crippen LogP contribution >= 0.6 is 0 Å². The van der Waals surface area contributed by atoms with E-state index in [1.165, 1.54) is 21.1 Å². The van der Waals surface area contributed by atoms with Gasteiger partial charge in [0, 0.05) is 37.6 Å². The largest absolute Gasteiger partial charge is 0.345 e. The van der Waals surface area contributed by atoms with Crippen LogP contribution < -0.4 is 5.32 Å². The van der Waals surface area contributed by atoms with Crippen LogP contribution in [0.25, 0.3) is 22.4 Å². The van der Waals surface area contributed by atoms with Gasteiger partial charge in [-0.2, -0.15) is 4.31 Å². The van der Waals surface area contributed by atoms with Crippen LogP contribution in [0.5, 0.6) is 0 Å². The molecule has 0 radical (unpaired) electrons. The number of sulfonamides is 1. The number of amides is 1. The number of H-pyrrole nitrogens is 1. The fourth-order valence-electron chi connectivity index (χ4n) is 3.61. The summed E-state index contributed by atoms with van der Waals surface area (Å²) in [6.45, 7) is 4.30. The zero-order valence-corrected chi connectivity index (χ0v) is 19.0. The molecule has 0 aliphatic carbocycles. The van der Waals surface area contributed by atoms with Crippen LogP contribution in [-0.2, 0) is 17.1 Å². The number of benzene rings is 2. The third kappa shape index (κ3) is 4.04. The van der Waals surface area contributed by atoms with Crippen LogP contribution in [0, 0.1) is 0 Å². The van der Waals surface area contributed by atoms with Gasteiger partial charge >= 0.3 is 0 Å². The first-order valence-corrected chi connectivity index (χ1v) is 11.8. The van der Waals surface area contributed by atoms with Gasteiger partial charge in [-0.3, -0.25) is 4.79 Å². The molecule has 0 spiro atoms. The molecule has 9 heteroatoms. The van der Waals surface area contributed by atoms with Crippen molar-refractivity contribution in [1.82, 2.24) is 18.8 Å². The highest BCUT2D eigenvalue weighted by molar-refractivity contribution is 7.89. The van der Waals surface area contributed by atoms with E-state index in [4.69, 9.17) is 0 Å². The number of hydrogen-bond acceptors (Lipinski definition) is 4. The molecule has 4 rings (SSSR count). The highest BCUT2D eigenvalue weighted by Crippen LogP contribution is 2.23. The highest BCUT2D eigenvalue weighted by Gasteiger charge is 2.25. The number of nitrogens with zero attached hydrogens (tertiary/aromatic N) is 3. The van der Waals surface area contributed by atoms with Crippen molar-refractivity contribution in [2.24, 2.45) is 7.05 Å². The number of aromatic nitrogens is 3. The van der Waals surface area contributed by atoms with Crippen molar-refractivity contribution in [1.29, 1.82) is 0 Å². The topological polar surface area (TPSA) is 100 Å². The van der Waals surface area contributed by atoms with Gasteiger partial charge in [-0.1, -0.05) is 26.0 Å². The van der Waals surface area contributed by atoms with Gasteiger partial charge in [0.25, 0.3) is 5.91 Å². The fraction of sp³-hybridized carbons (Fsp3) is 0.217. The van der Waals surface area contributed by atoms with Crippen LogP contribution in [0.15, 0.2) is 65.7 Å². The second-order valence-electron chi connectivity index (χ2n) is 7.40. The minimum Gasteiger partial charge on any atom is -0.345 e. The van der Waals surface area contributed by atoms with E-state index in [1.807, 2.05) is 36.4 Å². The zero-order chi connectivity index (χ0) is 22.9. The smallest absolute Gasteiger partial charge is 0.272 e. The van der Waals surface area contributed by atoms with Crippen LogP contribution in [0.4, 0.5) is 5.69 Å². The lowest BCUT2D eigenvalue weighted by Gasteiger charge is -2.17. The molecule has 0 unspecified atom stereocenters. The molecule has 0 saturated carbocycles. The quantitative estimate of drug-likeness (QED) is 0.446. The van der Waals surface area contributed by atoms with Crippen molar-refractivity contribution < 1.29 is 13.2 Å². The Balaban J connectivity index is 1.52. The molecule has 0 aliphatic heterocycles. The summed E-state index contributed by atoms with van der Waals surface area (Å²) in [4.78, 5) is 20.8. The van der Waals surface area contributed by atoms with Gasteiger partial charge in [0.15, 0.2) is 0 Å². The Kier molecular flexibility index (Phi) is 5.86. The maximum Gasteiger partial charge on any atom is 0.272 e. The zero-order valence-electron chi connectivity index (χ0n) is 18.2. The van der Waals surface area contributed by atoms with Gasteiger partial charge in [0.05, 0.1) is 11.0 Å². The minimum atomic E-state index is -3.63. The summed E-state index contributed by atoms with van der Waals surface area (Å²) < 4.78 is 28.4. The minimum absolute atomic E-state index is 0.106. The van der Waals surface area contributed by atoms with Crippen LogP contribution in [0.1, 0.15) is 24.3 Å². The van der Waals surface area contributed by atoms with Gasteiger partial charge in [0.2, 0.25) is 10.0 Å². The van der Waals surface area contributed by atoms with Crippen molar-refractivity contribution in [3.8, 4) is 11.4 Å². The normalized spacial score (nSPS) is 11.9. The molecule has 2 heterocycles. The number of hydrogen-bond donors (Lipinski definition) is 2. The van der Waals surface area contributed by atoms with Gasteiger partial charge in [-0.25, -0.2) is 13.4 Å². The number of aromatic amines is 1. The van der Waals surface area contributed by atoms with Crippen molar-refractivity contribution in [2.45, 2.75) is 18.7 Å². The lowest BCUT2D eigenvalue weighted by molar-refractivity contribution is 0.101. The van der Waals surface area contributed by atoms with Gasteiger partial charge < -0.3 is 14.9 Å². The summed E-state index contributed by atoms with van der Waals surface area (Å²) in [6.07, 6.45) is 1.47. The number of para-hydroxylation sites is 2. The molecule has 0 atom stereocenters. The van der Waals surface area contributed by atoms with Crippen LogP contribution in [-0.4, -0.2) is 46.3 Å². The van der Waals surface area contributed by atoms with E-state index in [9.17, 15) is 13.2 Å². The molecule has 0 aliphatic rings. The molecule has 0 saturated heterocycles. The number of rotatable bonds is 7. The third-order valence-corrected chi connectivity index (χ3v) is 7.38. The Morgan fingerprint density at radius 1 is 1.09 bits per heavy atom. The van der Waals surface area contributed by atoms with E-state index in [-0.39, 0.29) is 16.5 Å². The molecule has 2 aromatic carbocycles. The summed E-state index contributed by atoms with van der Waals surface area (Å²) in [6, 6.07) is 16.5. The van der Waals surface area contributed by atoms with E-state index in [0.29, 0.717) is 18.8 Å². The standard InChI is InChI=1S/C23H25N5O3S/c1-4-28(5-2)32(30,31)18-14-21(27(3)15-18)23(29)24-17-12-10-16(11-13-17)22-25-19-8-6-7-9-20(19)26-22/h6-15H,4-5H2,1-3H3,(H,24,29)(H,25,26). The Morgan fingerprint density at radius 3 is 2.44 bits per heavy atom. The molecule has 0 bridgehead atoms. The number of imidazole rings is 1. The molecule has 166 valence electrons. The number of carbonyl (C=O) groups excluding carboxylic acids is 1. The summed E-state index contributed by atoms with van der Waals surface area (Å²) >= 11 is 0. The second-order valence-corrected chi connectivity index (χ2v) is 9.33. The molecule has 2 N–H and O–H groups in total. The molecular weight excluding hydrogens is 426 g/mol. The predicted octanol–water partition coefficient (Wildman–Crippen LogP) is 3.85. The van der Waals surface area contributed by atoms with E-state index >= 15 is 0 Å². The first-order chi connectivity index (χ1) is 15.3. The Labute approximate surface area is 186 Å². The number of fused-ring (bicyclic) bond motifs is 1. The summed E-state index contributed by atoms with van der Waals surface area (Å²) in [5, 5.41) is 2.83. The number of nitrogens with one attached hydrogen (secondary N) is 2. The predicted molar refractivity (Wildman–Crippen MR) is 125 cm³/mol. The number of carbonyl (C=O) groups is 1. The lowest BCUT2D eigenvalue weighted by Crippen LogP contribution is -2.30. The number of aryl methyl sites for hydroxylation is 1. The highest BCUT2D eigenvalue weighted by atomic mass is 32.2. The molecule has 2 aromatic heterocycles. The first kappa shape index (κ1) is 21.8. The molecule has 0 fully saturated rings. The SMILES string of the molecule is CCN(CC)S(=O)(=O)c1cc(C(=O)Nc2ccc(-c3nc4ccccc4[nH]3)cc2)n(C)c1. The molecular formula is C23H25N5O3S. The van der Waals surface area contributed by atoms with Crippen molar-refractivity contribution in [3.05, 3.63) is 66.5 Å². The maximum absolute atomic E-state index is 12.8. The maximum atomic E-state index is 12.8. The van der Waals surface area contributed by atoms with Crippen molar-refractivity contribution in [3.63, 3.8) is 0 Å². The van der Waals surface area contributed by atoms with Gasteiger partial charge in [-0.15, -0.1) is 0 Å². The number of anilines is 1. The molecule has 32 heavy (non-hydrogen) atoms. The monoisotopic (exact) mass is 451 g/mol. The van der Waals surface area contributed by atoms with Gasteiger partial charge in [0.1, 0.15) is 16.4 Å². The lowest BCUT2D eigenvalue weighted by atomic mass is 10.2. The second kappa shape index (κ2) is 8.60. The summed E-state index contributed by atoms with van der Waals surface area (Å²) in [5.74, 6) is 0.364. The molecule has 4 aromatic rings.